The average molecular weight is 320 g/mol. The van der Waals surface area contributed by atoms with Crippen molar-refractivity contribution in [2.24, 2.45) is 0 Å². The molecule has 1 fully saturated rings. The van der Waals surface area contributed by atoms with Crippen molar-refractivity contribution in [3.8, 4) is 0 Å². The lowest BCUT2D eigenvalue weighted by molar-refractivity contribution is 0.718. The smallest absolute Gasteiger partial charge is 0.226 e. The Labute approximate surface area is 141 Å². The summed E-state index contributed by atoms with van der Waals surface area (Å²) in [4.78, 5) is 20.2. The van der Waals surface area contributed by atoms with Gasteiger partial charge in [-0.25, -0.2) is 19.9 Å². The molecule has 2 aromatic heterocycles. The molecule has 4 rings (SSSR count). The lowest BCUT2D eigenvalue weighted by Gasteiger charge is -2.21. The van der Waals surface area contributed by atoms with E-state index in [2.05, 4.69) is 51.1 Å². The van der Waals surface area contributed by atoms with Crippen LogP contribution in [0, 0.1) is 6.92 Å². The molecule has 1 aromatic carbocycles. The molecule has 0 bridgehead atoms. The topological polar surface area (TPSA) is 66.8 Å². The predicted octanol–water partition coefficient (Wildman–Crippen LogP) is 3.46. The van der Waals surface area contributed by atoms with Crippen LogP contribution in [0.25, 0.3) is 11.0 Å². The molecule has 1 atom stereocenters. The molecule has 3 aromatic rings. The second-order valence-corrected chi connectivity index (χ2v) is 6.31. The predicted molar refractivity (Wildman–Crippen MR) is 95.6 cm³/mol. The number of aromatic nitrogens is 4. The Kier molecular flexibility index (Phi) is 3.72. The highest BCUT2D eigenvalue weighted by Crippen LogP contribution is 2.26. The van der Waals surface area contributed by atoms with Crippen LogP contribution in [-0.4, -0.2) is 32.5 Å². The lowest BCUT2D eigenvalue weighted by atomic mass is 10.2. The van der Waals surface area contributed by atoms with E-state index in [-0.39, 0.29) is 0 Å². The highest BCUT2D eigenvalue weighted by atomic mass is 15.3. The van der Waals surface area contributed by atoms with E-state index in [1.54, 1.807) is 12.5 Å². The van der Waals surface area contributed by atoms with Gasteiger partial charge in [0.05, 0.1) is 6.20 Å². The van der Waals surface area contributed by atoms with E-state index in [1.807, 2.05) is 12.1 Å². The molecule has 3 heterocycles. The first kappa shape index (κ1) is 14.8. The third-order valence-corrected chi connectivity index (χ3v) is 4.46. The minimum atomic E-state index is 0.472. The zero-order chi connectivity index (χ0) is 16.5. The van der Waals surface area contributed by atoms with Crippen molar-refractivity contribution in [2.45, 2.75) is 32.7 Å². The highest BCUT2D eigenvalue weighted by molar-refractivity contribution is 5.87. The molecule has 1 aliphatic rings. The number of fused-ring (bicyclic) bond motifs is 1. The van der Waals surface area contributed by atoms with Gasteiger partial charge in [0, 0.05) is 18.3 Å². The zero-order valence-corrected chi connectivity index (χ0v) is 13.9. The Hall–Kier alpha value is -2.76. The van der Waals surface area contributed by atoms with Gasteiger partial charge in [-0.1, -0.05) is 12.1 Å². The van der Waals surface area contributed by atoms with Crippen LogP contribution in [0.15, 0.2) is 36.8 Å². The first-order chi connectivity index (χ1) is 11.7. The largest absolute Gasteiger partial charge is 0.338 e. The van der Waals surface area contributed by atoms with Crippen LogP contribution < -0.4 is 10.2 Å². The SMILES string of the molecule is Cc1cccc(Nc2ncnc3cnc(N4CCCC4C)nc23)c1. The number of nitrogens with zero attached hydrogens (tertiary/aromatic N) is 5. The maximum atomic E-state index is 4.75. The monoisotopic (exact) mass is 320 g/mol. The molecule has 0 spiro atoms. The Bertz CT molecular complexity index is 878. The highest BCUT2D eigenvalue weighted by Gasteiger charge is 2.23. The van der Waals surface area contributed by atoms with Crippen LogP contribution in [0.2, 0.25) is 0 Å². The van der Waals surface area contributed by atoms with Crippen LogP contribution in [-0.2, 0) is 0 Å². The number of rotatable bonds is 3. The van der Waals surface area contributed by atoms with Crippen LogP contribution in [0.5, 0.6) is 0 Å². The van der Waals surface area contributed by atoms with E-state index in [0.29, 0.717) is 11.9 Å². The van der Waals surface area contributed by atoms with E-state index in [0.717, 1.165) is 29.2 Å². The molecule has 1 saturated heterocycles. The van der Waals surface area contributed by atoms with Gasteiger partial charge >= 0.3 is 0 Å². The van der Waals surface area contributed by atoms with Crippen molar-refractivity contribution in [1.82, 2.24) is 19.9 Å². The van der Waals surface area contributed by atoms with Gasteiger partial charge in [-0.2, -0.15) is 0 Å². The van der Waals surface area contributed by atoms with Gasteiger partial charge < -0.3 is 10.2 Å². The molecular weight excluding hydrogens is 300 g/mol. The fraction of sp³-hybridized carbons (Fsp3) is 0.333. The molecule has 1 N–H and O–H groups in total. The van der Waals surface area contributed by atoms with Crippen molar-refractivity contribution in [2.75, 3.05) is 16.8 Å². The summed E-state index contributed by atoms with van der Waals surface area (Å²) >= 11 is 0. The number of benzene rings is 1. The molecule has 6 nitrogen and oxygen atoms in total. The first-order valence-corrected chi connectivity index (χ1v) is 8.29. The summed E-state index contributed by atoms with van der Waals surface area (Å²) in [7, 11) is 0. The number of anilines is 3. The van der Waals surface area contributed by atoms with E-state index >= 15 is 0 Å². The van der Waals surface area contributed by atoms with Crippen LogP contribution in [0.4, 0.5) is 17.5 Å². The van der Waals surface area contributed by atoms with Crippen LogP contribution in [0.1, 0.15) is 25.3 Å². The van der Waals surface area contributed by atoms with Crippen LogP contribution in [0.3, 0.4) is 0 Å². The minimum Gasteiger partial charge on any atom is -0.338 e. The standard InChI is InChI=1S/C18H20N6/c1-12-5-3-7-14(9-12)22-17-16-15(20-11-21-17)10-19-18(23-16)24-8-4-6-13(24)2/h3,5,7,9-11,13H,4,6,8H2,1-2H3,(H,20,21,22). The normalized spacial score (nSPS) is 17.4. The fourth-order valence-corrected chi connectivity index (χ4v) is 3.16. The molecule has 0 aliphatic carbocycles. The second-order valence-electron chi connectivity index (χ2n) is 6.31. The fourth-order valence-electron chi connectivity index (χ4n) is 3.16. The lowest BCUT2D eigenvalue weighted by Crippen LogP contribution is -2.28. The molecule has 0 amide bonds. The molecule has 24 heavy (non-hydrogen) atoms. The van der Waals surface area contributed by atoms with Gasteiger partial charge in [0.2, 0.25) is 5.95 Å². The van der Waals surface area contributed by atoms with E-state index < -0.39 is 0 Å². The van der Waals surface area contributed by atoms with Gasteiger partial charge in [-0.3, -0.25) is 0 Å². The third kappa shape index (κ3) is 2.75. The zero-order valence-electron chi connectivity index (χ0n) is 13.9. The molecule has 1 unspecified atom stereocenters. The summed E-state index contributed by atoms with van der Waals surface area (Å²) in [6.07, 6.45) is 5.69. The van der Waals surface area contributed by atoms with Gasteiger partial charge in [-0.15, -0.1) is 0 Å². The Morgan fingerprint density at radius 2 is 2.12 bits per heavy atom. The van der Waals surface area contributed by atoms with Crippen molar-refractivity contribution >= 4 is 28.5 Å². The van der Waals surface area contributed by atoms with Gasteiger partial charge in [0.15, 0.2) is 5.82 Å². The van der Waals surface area contributed by atoms with Gasteiger partial charge in [-0.05, 0) is 44.4 Å². The number of nitrogens with one attached hydrogen (secondary N) is 1. The Balaban J connectivity index is 1.74. The van der Waals surface area contributed by atoms with E-state index in [1.165, 1.54) is 18.4 Å². The minimum absolute atomic E-state index is 0.472. The van der Waals surface area contributed by atoms with Gasteiger partial charge in [0.1, 0.15) is 17.4 Å². The molecule has 0 radical (unpaired) electrons. The molecule has 122 valence electrons. The van der Waals surface area contributed by atoms with Crippen molar-refractivity contribution in [3.63, 3.8) is 0 Å². The quantitative estimate of drug-likeness (QED) is 0.797. The maximum absolute atomic E-state index is 4.75. The third-order valence-electron chi connectivity index (χ3n) is 4.46. The maximum Gasteiger partial charge on any atom is 0.226 e. The second kappa shape index (κ2) is 6.03. The summed E-state index contributed by atoms with van der Waals surface area (Å²) in [6, 6.07) is 8.66. The molecule has 6 heteroatoms. The molecule has 1 aliphatic heterocycles. The van der Waals surface area contributed by atoms with E-state index in [9.17, 15) is 0 Å². The summed E-state index contributed by atoms with van der Waals surface area (Å²) in [6.45, 7) is 5.28. The summed E-state index contributed by atoms with van der Waals surface area (Å²) in [5.41, 5.74) is 3.68. The molecule has 0 saturated carbocycles. The van der Waals surface area contributed by atoms with E-state index in [4.69, 9.17) is 4.98 Å². The van der Waals surface area contributed by atoms with Crippen molar-refractivity contribution in [3.05, 3.63) is 42.4 Å². The summed E-state index contributed by atoms with van der Waals surface area (Å²) in [5.74, 6) is 1.47. The number of hydrogen-bond acceptors (Lipinski definition) is 6. The summed E-state index contributed by atoms with van der Waals surface area (Å²) in [5, 5.41) is 3.36. The number of hydrogen-bond donors (Lipinski definition) is 1. The number of aryl methyl sites for hydroxylation is 1. The van der Waals surface area contributed by atoms with Crippen molar-refractivity contribution < 1.29 is 0 Å². The van der Waals surface area contributed by atoms with Crippen LogP contribution >= 0.6 is 0 Å². The Morgan fingerprint density at radius 3 is 2.92 bits per heavy atom. The average Bonchev–Trinajstić information content (AvgIpc) is 3.01. The molecular formula is C18H20N6. The van der Waals surface area contributed by atoms with Gasteiger partial charge in [0.25, 0.3) is 0 Å². The Morgan fingerprint density at radius 1 is 1.21 bits per heavy atom. The summed E-state index contributed by atoms with van der Waals surface area (Å²) < 4.78 is 0. The van der Waals surface area contributed by atoms with Crippen molar-refractivity contribution in [1.29, 1.82) is 0 Å². The first-order valence-electron chi connectivity index (χ1n) is 8.29.